The highest BCUT2D eigenvalue weighted by Gasteiger charge is 2.14. The molecule has 0 fully saturated rings. The second-order valence-corrected chi connectivity index (χ2v) is 6.43. The zero-order valence-corrected chi connectivity index (χ0v) is 10.1. The Morgan fingerprint density at radius 1 is 1.27 bits per heavy atom. The minimum atomic E-state index is -3.16. The highest BCUT2D eigenvalue weighted by atomic mass is 32.2. The summed E-state index contributed by atoms with van der Waals surface area (Å²) in [7, 11) is -1.59. The third kappa shape index (κ3) is 1.98. The van der Waals surface area contributed by atoms with Gasteiger partial charge in [-0.25, -0.2) is 8.42 Å². The molecular weight excluding hydrogens is 230 g/mol. The summed E-state index contributed by atoms with van der Waals surface area (Å²) in [6.07, 6.45) is 1.21. The maximum atomic E-state index is 11.3. The van der Waals surface area contributed by atoms with E-state index in [9.17, 15) is 8.42 Å². The van der Waals surface area contributed by atoms with Crippen molar-refractivity contribution >= 4 is 36.4 Å². The van der Waals surface area contributed by atoms with Gasteiger partial charge in [0.15, 0.2) is 0 Å². The molecule has 2 rings (SSSR count). The van der Waals surface area contributed by atoms with E-state index in [1.54, 1.807) is 7.05 Å². The number of hydrogen-bond acceptors (Lipinski definition) is 3. The van der Waals surface area contributed by atoms with Gasteiger partial charge in [-0.3, -0.25) is 4.31 Å². The minimum Gasteiger partial charge on any atom is -0.264 e. The van der Waals surface area contributed by atoms with Gasteiger partial charge in [-0.15, -0.1) is 11.3 Å². The number of anilines is 1. The first-order valence-corrected chi connectivity index (χ1v) is 7.07. The molecule has 1 heterocycles. The molecule has 0 amide bonds. The fourth-order valence-electron chi connectivity index (χ4n) is 1.29. The molecule has 2 aromatic rings. The van der Waals surface area contributed by atoms with E-state index in [-0.39, 0.29) is 0 Å². The molecule has 5 heteroatoms. The van der Waals surface area contributed by atoms with Gasteiger partial charge in [0.2, 0.25) is 10.0 Å². The Morgan fingerprint density at radius 2 is 1.93 bits per heavy atom. The van der Waals surface area contributed by atoms with Crippen LogP contribution < -0.4 is 4.31 Å². The molecule has 1 aromatic heterocycles. The fourth-order valence-corrected chi connectivity index (χ4v) is 3.12. The monoisotopic (exact) mass is 241 g/mol. The van der Waals surface area contributed by atoms with E-state index >= 15 is 0 Å². The summed E-state index contributed by atoms with van der Waals surface area (Å²) >= 11 is 1.48. The Bertz CT molecular complexity index is 553. The third-order valence-electron chi connectivity index (χ3n) is 2.22. The molecule has 3 nitrogen and oxygen atoms in total. The van der Waals surface area contributed by atoms with Crippen LogP contribution in [-0.4, -0.2) is 21.7 Å². The van der Waals surface area contributed by atoms with Gasteiger partial charge in [0.25, 0.3) is 0 Å². The zero-order chi connectivity index (χ0) is 11.1. The number of hydrogen-bond donors (Lipinski definition) is 0. The molecule has 0 radical (unpaired) electrons. The lowest BCUT2D eigenvalue weighted by molar-refractivity contribution is 0.600. The lowest BCUT2D eigenvalue weighted by Crippen LogP contribution is -2.23. The van der Waals surface area contributed by atoms with Gasteiger partial charge in [0, 0.05) is 11.7 Å². The average Bonchev–Trinajstić information content (AvgIpc) is 2.58. The Labute approximate surface area is 93.0 Å². The molecule has 80 valence electrons. The smallest absolute Gasteiger partial charge is 0.232 e. The van der Waals surface area contributed by atoms with Crippen LogP contribution in [-0.2, 0) is 10.0 Å². The topological polar surface area (TPSA) is 37.4 Å². The van der Waals surface area contributed by atoms with Crippen molar-refractivity contribution in [3.8, 4) is 0 Å². The van der Waals surface area contributed by atoms with Crippen molar-refractivity contribution in [1.82, 2.24) is 0 Å². The summed E-state index contributed by atoms with van der Waals surface area (Å²) in [6.45, 7) is 0. The molecule has 0 saturated heterocycles. The number of thiophene rings is 1. The van der Waals surface area contributed by atoms with E-state index in [2.05, 4.69) is 0 Å². The lowest BCUT2D eigenvalue weighted by atomic mass is 10.3. The third-order valence-corrected chi connectivity index (χ3v) is 4.72. The van der Waals surface area contributed by atoms with E-state index < -0.39 is 10.0 Å². The fraction of sp³-hybridized carbons (Fsp3) is 0.200. The Hall–Kier alpha value is -1.07. The molecule has 0 atom stereocenters. The highest BCUT2D eigenvalue weighted by Crippen LogP contribution is 2.32. The predicted octanol–water partition coefficient (Wildman–Crippen LogP) is 2.30. The Morgan fingerprint density at radius 3 is 2.53 bits per heavy atom. The molecule has 0 bridgehead atoms. The van der Waals surface area contributed by atoms with Crippen LogP contribution in [0.5, 0.6) is 0 Å². The second-order valence-electron chi connectivity index (χ2n) is 3.35. The van der Waals surface area contributed by atoms with E-state index in [0.29, 0.717) is 0 Å². The molecule has 0 aliphatic carbocycles. The SMILES string of the molecule is CN(c1cc2ccccc2s1)S(C)(=O)=O. The van der Waals surface area contributed by atoms with Crippen LogP contribution in [0.2, 0.25) is 0 Å². The normalized spacial score (nSPS) is 11.9. The van der Waals surface area contributed by atoms with Gasteiger partial charge in [-0.1, -0.05) is 18.2 Å². The Kier molecular flexibility index (Phi) is 2.44. The molecule has 0 unspecified atom stereocenters. The maximum Gasteiger partial charge on any atom is 0.232 e. The largest absolute Gasteiger partial charge is 0.264 e. The molecule has 0 N–H and O–H groups in total. The van der Waals surface area contributed by atoms with Crippen LogP contribution in [0.25, 0.3) is 10.1 Å². The van der Waals surface area contributed by atoms with Crippen LogP contribution in [0, 0.1) is 0 Å². The van der Waals surface area contributed by atoms with Crippen LogP contribution >= 0.6 is 11.3 Å². The highest BCUT2D eigenvalue weighted by molar-refractivity contribution is 7.92. The van der Waals surface area contributed by atoms with Crippen molar-refractivity contribution in [2.75, 3.05) is 17.6 Å². The molecule has 15 heavy (non-hydrogen) atoms. The first-order valence-electron chi connectivity index (χ1n) is 4.41. The van der Waals surface area contributed by atoms with Gasteiger partial charge in [-0.2, -0.15) is 0 Å². The molecule has 1 aromatic carbocycles. The van der Waals surface area contributed by atoms with Gasteiger partial charge < -0.3 is 0 Å². The van der Waals surface area contributed by atoms with Crippen molar-refractivity contribution in [2.24, 2.45) is 0 Å². The summed E-state index contributed by atoms with van der Waals surface area (Å²) in [6, 6.07) is 9.74. The van der Waals surface area contributed by atoms with E-state index in [0.717, 1.165) is 15.1 Å². The van der Waals surface area contributed by atoms with Gasteiger partial charge in [0.1, 0.15) is 5.00 Å². The average molecular weight is 241 g/mol. The van der Waals surface area contributed by atoms with Crippen LogP contribution in [0.15, 0.2) is 30.3 Å². The quantitative estimate of drug-likeness (QED) is 0.809. The molecule has 0 aliphatic heterocycles. The molecule has 0 saturated carbocycles. The van der Waals surface area contributed by atoms with E-state index in [4.69, 9.17) is 0 Å². The van der Waals surface area contributed by atoms with Gasteiger partial charge in [0.05, 0.1) is 6.26 Å². The van der Waals surface area contributed by atoms with Crippen LogP contribution in [0.3, 0.4) is 0 Å². The lowest BCUT2D eigenvalue weighted by Gasteiger charge is -2.12. The summed E-state index contributed by atoms with van der Waals surface area (Å²) < 4.78 is 25.1. The summed E-state index contributed by atoms with van der Waals surface area (Å²) in [5.41, 5.74) is 0. The predicted molar refractivity (Wildman–Crippen MR) is 65.1 cm³/mol. The van der Waals surface area contributed by atoms with Gasteiger partial charge >= 0.3 is 0 Å². The van der Waals surface area contributed by atoms with E-state index in [1.165, 1.54) is 21.9 Å². The van der Waals surface area contributed by atoms with Crippen molar-refractivity contribution in [2.45, 2.75) is 0 Å². The summed E-state index contributed by atoms with van der Waals surface area (Å²) in [5.74, 6) is 0. The number of benzene rings is 1. The van der Waals surface area contributed by atoms with Crippen LogP contribution in [0.1, 0.15) is 0 Å². The molecule has 0 spiro atoms. The maximum absolute atomic E-state index is 11.3. The number of fused-ring (bicyclic) bond motifs is 1. The Balaban J connectivity index is 2.54. The first-order chi connectivity index (χ1) is 6.98. The molecular formula is C10H11NO2S2. The number of sulfonamides is 1. The minimum absolute atomic E-state index is 0.749. The van der Waals surface area contributed by atoms with Crippen LogP contribution in [0.4, 0.5) is 5.00 Å². The zero-order valence-electron chi connectivity index (χ0n) is 8.47. The number of rotatable bonds is 2. The first kappa shape index (κ1) is 10.4. The van der Waals surface area contributed by atoms with Crippen molar-refractivity contribution < 1.29 is 8.42 Å². The summed E-state index contributed by atoms with van der Waals surface area (Å²) in [5, 5.41) is 1.83. The number of nitrogens with zero attached hydrogens (tertiary/aromatic N) is 1. The van der Waals surface area contributed by atoms with Crippen molar-refractivity contribution in [3.63, 3.8) is 0 Å². The second kappa shape index (κ2) is 3.50. The molecule has 0 aliphatic rings. The van der Waals surface area contributed by atoms with Crippen molar-refractivity contribution in [1.29, 1.82) is 0 Å². The van der Waals surface area contributed by atoms with E-state index in [1.807, 2.05) is 30.3 Å². The summed E-state index contributed by atoms with van der Waals surface area (Å²) in [4.78, 5) is 0. The van der Waals surface area contributed by atoms with Gasteiger partial charge in [-0.05, 0) is 17.5 Å². The van der Waals surface area contributed by atoms with Crippen molar-refractivity contribution in [3.05, 3.63) is 30.3 Å². The standard InChI is InChI=1S/C10H11NO2S2/c1-11(15(2,12)13)10-7-8-5-3-4-6-9(8)14-10/h3-7H,1-2H3.